The van der Waals surface area contributed by atoms with E-state index in [1.165, 1.54) is 35.7 Å². The average Bonchev–Trinajstić information content (AvgIpc) is 3.23. The topological polar surface area (TPSA) is 86.7 Å². The van der Waals surface area contributed by atoms with Crippen LogP contribution in [0.15, 0.2) is 35.4 Å². The summed E-state index contributed by atoms with van der Waals surface area (Å²) >= 11 is 0. The van der Waals surface area contributed by atoms with Crippen molar-refractivity contribution < 1.29 is 22.5 Å². The van der Waals surface area contributed by atoms with Gasteiger partial charge >= 0.3 is 6.18 Å². The minimum atomic E-state index is -4.58. The van der Waals surface area contributed by atoms with Crippen molar-refractivity contribution in [3.05, 3.63) is 47.9 Å². The Kier molecular flexibility index (Phi) is 3.94. The molecule has 7 nitrogen and oxygen atoms in total. The van der Waals surface area contributed by atoms with Crippen LogP contribution in [0.1, 0.15) is 21.8 Å². The summed E-state index contributed by atoms with van der Waals surface area (Å²) in [7, 11) is 0. The number of nitrogens with zero attached hydrogens (tertiary/aromatic N) is 5. The van der Waals surface area contributed by atoms with Crippen molar-refractivity contribution in [1.82, 2.24) is 24.9 Å². The largest absolute Gasteiger partial charge is 0.416 e. The number of aldehydes is 1. The van der Waals surface area contributed by atoms with Crippen molar-refractivity contribution in [2.45, 2.75) is 6.18 Å². The van der Waals surface area contributed by atoms with Gasteiger partial charge in [0.1, 0.15) is 12.6 Å². The van der Waals surface area contributed by atoms with E-state index in [-0.39, 0.29) is 22.8 Å². The molecule has 0 unspecified atom stereocenters. The Morgan fingerprint density at radius 1 is 1.17 bits per heavy atom. The van der Waals surface area contributed by atoms with Gasteiger partial charge in [0.05, 0.1) is 5.56 Å². The lowest BCUT2D eigenvalue weighted by Crippen LogP contribution is -2.06. The van der Waals surface area contributed by atoms with Crippen LogP contribution >= 0.6 is 0 Å². The molecule has 0 amide bonds. The second-order valence-corrected chi connectivity index (χ2v) is 4.60. The van der Waals surface area contributed by atoms with Gasteiger partial charge in [-0.15, -0.1) is 5.10 Å². The third-order valence-electron chi connectivity index (χ3n) is 2.93. The molecule has 0 atom stereocenters. The summed E-state index contributed by atoms with van der Waals surface area (Å²) in [5, 5.41) is 7.44. The molecular weight excluding hydrogens is 327 g/mol. The molecule has 0 N–H and O–H groups in total. The Balaban J connectivity index is 1.93. The van der Waals surface area contributed by atoms with Gasteiger partial charge in [-0.25, -0.2) is 9.67 Å². The molecule has 0 aliphatic rings. The molecular formula is C14H8F3N5O2. The molecule has 0 aliphatic carbocycles. The smallest absolute Gasteiger partial charge is 0.335 e. The highest BCUT2D eigenvalue weighted by Crippen LogP contribution is 2.32. The number of hydrogen-bond donors (Lipinski definition) is 0. The molecule has 0 saturated heterocycles. The van der Waals surface area contributed by atoms with Crippen LogP contribution in [0, 0.1) is 0 Å². The van der Waals surface area contributed by atoms with E-state index in [1.807, 2.05) is 0 Å². The van der Waals surface area contributed by atoms with Crippen LogP contribution in [-0.2, 0) is 6.18 Å². The summed E-state index contributed by atoms with van der Waals surface area (Å²) in [5.74, 6) is 0.272. The fourth-order valence-electron chi connectivity index (χ4n) is 1.89. The zero-order valence-corrected chi connectivity index (χ0v) is 11.8. The van der Waals surface area contributed by atoms with Gasteiger partial charge in [-0.1, -0.05) is 5.16 Å². The molecule has 3 rings (SSSR count). The van der Waals surface area contributed by atoms with Crippen molar-refractivity contribution in [3.63, 3.8) is 0 Å². The van der Waals surface area contributed by atoms with Gasteiger partial charge in [0.15, 0.2) is 12.2 Å². The monoisotopic (exact) mass is 335 g/mol. The molecule has 2 aromatic heterocycles. The Morgan fingerprint density at radius 3 is 2.67 bits per heavy atom. The Bertz CT molecular complexity index is 884. The van der Waals surface area contributed by atoms with Crippen LogP contribution in [0.2, 0.25) is 0 Å². The maximum Gasteiger partial charge on any atom is 0.416 e. The third kappa shape index (κ3) is 3.37. The SMILES string of the molecule is O=Cc1cc(-c2ncn(/C=C\c3ncno3)n2)cc(C(F)(F)F)c1. The highest BCUT2D eigenvalue weighted by Gasteiger charge is 2.31. The van der Waals surface area contributed by atoms with Crippen LogP contribution in [0.3, 0.4) is 0 Å². The normalized spacial score (nSPS) is 12.0. The van der Waals surface area contributed by atoms with Gasteiger partial charge in [-0.3, -0.25) is 4.79 Å². The number of benzene rings is 1. The Hall–Kier alpha value is -3.30. The molecule has 0 aliphatic heterocycles. The van der Waals surface area contributed by atoms with Gasteiger partial charge in [0.2, 0.25) is 0 Å². The molecule has 0 bridgehead atoms. The fraction of sp³-hybridized carbons (Fsp3) is 0.0714. The van der Waals surface area contributed by atoms with Gasteiger partial charge in [-0.2, -0.15) is 18.2 Å². The second kappa shape index (κ2) is 6.07. The predicted molar refractivity (Wildman–Crippen MR) is 75.4 cm³/mol. The van der Waals surface area contributed by atoms with Crippen LogP contribution in [0.4, 0.5) is 13.2 Å². The molecule has 1 aromatic carbocycles. The van der Waals surface area contributed by atoms with E-state index < -0.39 is 11.7 Å². The molecule has 0 radical (unpaired) electrons. The number of carbonyl (C=O) groups is 1. The highest BCUT2D eigenvalue weighted by atomic mass is 19.4. The molecule has 122 valence electrons. The molecule has 24 heavy (non-hydrogen) atoms. The summed E-state index contributed by atoms with van der Waals surface area (Å²) in [6.07, 6.45) is 1.17. The van der Waals surface area contributed by atoms with Gasteiger partial charge in [0, 0.05) is 23.4 Å². The summed E-state index contributed by atoms with van der Waals surface area (Å²) in [5.41, 5.74) is -0.978. The molecule has 3 aromatic rings. The zero-order chi connectivity index (χ0) is 17.2. The van der Waals surface area contributed by atoms with Crippen LogP contribution in [-0.4, -0.2) is 31.2 Å². The predicted octanol–water partition coefficient (Wildman–Crippen LogP) is 2.79. The molecule has 10 heteroatoms. The molecule has 2 heterocycles. The molecule has 0 fully saturated rings. The maximum atomic E-state index is 12.9. The van der Waals surface area contributed by atoms with Crippen LogP contribution in [0.25, 0.3) is 23.7 Å². The van der Waals surface area contributed by atoms with Gasteiger partial charge < -0.3 is 4.52 Å². The number of carbonyl (C=O) groups excluding carboxylic acids is 1. The van der Waals surface area contributed by atoms with E-state index in [0.717, 1.165) is 12.1 Å². The molecule has 0 saturated carbocycles. The first-order valence-corrected chi connectivity index (χ1v) is 6.49. The maximum absolute atomic E-state index is 12.9. The van der Waals surface area contributed by atoms with Gasteiger partial charge in [-0.05, 0) is 18.2 Å². The average molecular weight is 335 g/mol. The first kappa shape index (κ1) is 15.6. The van der Waals surface area contributed by atoms with Crippen molar-refractivity contribution in [2.24, 2.45) is 0 Å². The Morgan fingerprint density at radius 2 is 2.00 bits per heavy atom. The number of alkyl halides is 3. The minimum Gasteiger partial charge on any atom is -0.335 e. The summed E-state index contributed by atoms with van der Waals surface area (Å²) < 4.78 is 44.7. The van der Waals surface area contributed by atoms with E-state index >= 15 is 0 Å². The lowest BCUT2D eigenvalue weighted by atomic mass is 10.1. The zero-order valence-electron chi connectivity index (χ0n) is 11.8. The minimum absolute atomic E-state index is 0.0411. The summed E-state index contributed by atoms with van der Waals surface area (Å²) in [4.78, 5) is 18.6. The van der Waals surface area contributed by atoms with Crippen molar-refractivity contribution in [1.29, 1.82) is 0 Å². The quantitative estimate of drug-likeness (QED) is 0.682. The number of halogens is 3. The highest BCUT2D eigenvalue weighted by molar-refractivity contribution is 5.78. The lowest BCUT2D eigenvalue weighted by molar-refractivity contribution is -0.137. The van der Waals surface area contributed by atoms with E-state index in [1.54, 1.807) is 0 Å². The first-order chi connectivity index (χ1) is 11.5. The van der Waals surface area contributed by atoms with Gasteiger partial charge in [0.25, 0.3) is 5.89 Å². The van der Waals surface area contributed by atoms with E-state index in [0.29, 0.717) is 6.29 Å². The summed E-state index contributed by atoms with van der Waals surface area (Å²) in [6, 6.07) is 2.93. The van der Waals surface area contributed by atoms with Crippen molar-refractivity contribution in [3.8, 4) is 11.4 Å². The first-order valence-electron chi connectivity index (χ1n) is 6.49. The van der Waals surface area contributed by atoms with Crippen molar-refractivity contribution >= 4 is 18.6 Å². The van der Waals surface area contributed by atoms with E-state index in [9.17, 15) is 18.0 Å². The van der Waals surface area contributed by atoms with Crippen LogP contribution < -0.4 is 0 Å². The molecule has 0 spiro atoms. The number of aromatic nitrogens is 5. The standard InChI is InChI=1S/C14H8F3N5O2/c15-14(16,17)11-4-9(6-23)3-10(5-11)13-19-8-22(21-13)2-1-12-18-7-20-24-12/h1-8H/b2-1-. The van der Waals surface area contributed by atoms with E-state index in [4.69, 9.17) is 4.52 Å². The van der Waals surface area contributed by atoms with E-state index in [2.05, 4.69) is 20.2 Å². The fourth-order valence-corrected chi connectivity index (χ4v) is 1.89. The van der Waals surface area contributed by atoms with Crippen molar-refractivity contribution in [2.75, 3.05) is 0 Å². The van der Waals surface area contributed by atoms with Crippen LogP contribution in [0.5, 0.6) is 0 Å². The Labute approximate surface area is 132 Å². The second-order valence-electron chi connectivity index (χ2n) is 4.60. The summed E-state index contributed by atoms with van der Waals surface area (Å²) in [6.45, 7) is 0. The third-order valence-corrected chi connectivity index (χ3v) is 2.93. The number of hydrogen-bond acceptors (Lipinski definition) is 6. The number of rotatable bonds is 4. The lowest BCUT2D eigenvalue weighted by Gasteiger charge is -2.08.